The molecule has 24 heavy (non-hydrogen) atoms. The van der Waals surface area contributed by atoms with E-state index in [2.05, 4.69) is 5.32 Å². The number of rotatable bonds is 4. The summed E-state index contributed by atoms with van der Waals surface area (Å²) in [6.07, 6.45) is 1.91. The number of pyridine rings is 1. The van der Waals surface area contributed by atoms with E-state index in [1.807, 2.05) is 60.7 Å². The number of aromatic nitrogens is 1. The van der Waals surface area contributed by atoms with E-state index in [0.717, 1.165) is 23.8 Å². The molecule has 0 aliphatic heterocycles. The number of nitrogens with one attached hydrogen (secondary N) is 1. The van der Waals surface area contributed by atoms with E-state index in [4.69, 9.17) is 0 Å². The maximum absolute atomic E-state index is 12.8. The molecule has 1 amide bonds. The molecule has 1 saturated carbocycles. The van der Waals surface area contributed by atoms with E-state index < -0.39 is 0 Å². The summed E-state index contributed by atoms with van der Waals surface area (Å²) in [6.45, 7) is 0.450. The Morgan fingerprint density at radius 3 is 2.50 bits per heavy atom. The number of nitrogens with zero attached hydrogens (tertiary/aromatic N) is 1. The summed E-state index contributed by atoms with van der Waals surface area (Å²) < 4.78 is 1.67. The molecule has 0 unspecified atom stereocenters. The van der Waals surface area contributed by atoms with Gasteiger partial charge in [-0.25, -0.2) is 0 Å². The Morgan fingerprint density at radius 1 is 1.04 bits per heavy atom. The Morgan fingerprint density at radius 2 is 1.75 bits per heavy atom. The van der Waals surface area contributed by atoms with Crippen LogP contribution in [0.15, 0.2) is 65.5 Å². The van der Waals surface area contributed by atoms with Crippen molar-refractivity contribution in [2.45, 2.75) is 25.4 Å². The molecule has 0 atom stereocenters. The molecule has 3 aromatic rings. The Bertz CT molecular complexity index is 956. The molecule has 1 aliphatic rings. The number of carbonyl (C=O) groups excluding carboxylic acids is 1. The number of hydrogen-bond acceptors (Lipinski definition) is 2. The summed E-state index contributed by atoms with van der Waals surface area (Å²) in [5, 5.41) is 4.41. The van der Waals surface area contributed by atoms with Crippen molar-refractivity contribution in [2.24, 2.45) is 0 Å². The van der Waals surface area contributed by atoms with Gasteiger partial charge in [0.25, 0.3) is 11.5 Å². The first-order chi connectivity index (χ1) is 11.7. The van der Waals surface area contributed by atoms with Crippen LogP contribution in [0.2, 0.25) is 0 Å². The van der Waals surface area contributed by atoms with E-state index in [0.29, 0.717) is 17.6 Å². The van der Waals surface area contributed by atoms with Crippen LogP contribution < -0.4 is 10.9 Å². The zero-order valence-corrected chi connectivity index (χ0v) is 13.2. The molecule has 4 nitrogen and oxygen atoms in total. The lowest BCUT2D eigenvalue weighted by Crippen LogP contribution is -2.31. The number of carbonyl (C=O) groups is 1. The molecule has 0 spiro atoms. The minimum atomic E-state index is -0.200. The van der Waals surface area contributed by atoms with Gasteiger partial charge in [-0.05, 0) is 35.9 Å². The van der Waals surface area contributed by atoms with Crippen molar-refractivity contribution in [1.82, 2.24) is 9.88 Å². The second kappa shape index (κ2) is 5.96. The Hall–Kier alpha value is -2.88. The zero-order chi connectivity index (χ0) is 16.5. The highest BCUT2D eigenvalue weighted by Crippen LogP contribution is 2.35. The Balaban J connectivity index is 1.71. The third-order valence-electron chi connectivity index (χ3n) is 4.40. The monoisotopic (exact) mass is 318 g/mol. The van der Waals surface area contributed by atoms with Gasteiger partial charge in [0.15, 0.2) is 0 Å². The van der Waals surface area contributed by atoms with Crippen molar-refractivity contribution >= 4 is 16.7 Å². The van der Waals surface area contributed by atoms with Gasteiger partial charge in [-0.3, -0.25) is 9.59 Å². The molecule has 120 valence electrons. The quantitative estimate of drug-likeness (QED) is 0.802. The van der Waals surface area contributed by atoms with Crippen molar-refractivity contribution in [1.29, 1.82) is 0 Å². The van der Waals surface area contributed by atoms with E-state index in [-0.39, 0.29) is 17.5 Å². The molecule has 1 aromatic heterocycles. The van der Waals surface area contributed by atoms with Gasteiger partial charge in [0.05, 0.1) is 0 Å². The maximum Gasteiger partial charge on any atom is 0.268 e. The fourth-order valence-corrected chi connectivity index (χ4v) is 3.01. The minimum absolute atomic E-state index is 0.0690. The third kappa shape index (κ3) is 2.71. The number of fused-ring (bicyclic) bond motifs is 1. The Kier molecular flexibility index (Phi) is 3.65. The highest BCUT2D eigenvalue weighted by molar-refractivity contribution is 5.96. The number of benzene rings is 2. The van der Waals surface area contributed by atoms with Gasteiger partial charge in [0.1, 0.15) is 5.69 Å². The van der Waals surface area contributed by atoms with Crippen LogP contribution in [0.5, 0.6) is 0 Å². The third-order valence-corrected chi connectivity index (χ3v) is 4.40. The fourth-order valence-electron chi connectivity index (χ4n) is 3.01. The first-order valence-corrected chi connectivity index (χ1v) is 8.20. The van der Waals surface area contributed by atoms with Crippen molar-refractivity contribution in [2.75, 3.05) is 0 Å². The van der Waals surface area contributed by atoms with Crippen molar-refractivity contribution in [3.63, 3.8) is 0 Å². The maximum atomic E-state index is 12.8. The summed E-state index contributed by atoms with van der Waals surface area (Å²) in [5.74, 6) is -0.200. The Labute approximate surface area is 139 Å². The predicted molar refractivity (Wildman–Crippen MR) is 94.1 cm³/mol. The first-order valence-electron chi connectivity index (χ1n) is 8.20. The second-order valence-electron chi connectivity index (χ2n) is 6.19. The average Bonchev–Trinajstić information content (AvgIpc) is 3.45. The van der Waals surface area contributed by atoms with Gasteiger partial charge in [-0.2, -0.15) is 0 Å². The van der Waals surface area contributed by atoms with Gasteiger partial charge < -0.3 is 9.88 Å². The summed E-state index contributed by atoms with van der Waals surface area (Å²) in [6, 6.07) is 19.2. The van der Waals surface area contributed by atoms with Gasteiger partial charge in [0, 0.05) is 18.0 Å². The number of amides is 1. The number of hydrogen-bond donors (Lipinski definition) is 1. The molecule has 1 N–H and O–H groups in total. The smallest absolute Gasteiger partial charge is 0.268 e. The lowest BCUT2D eigenvalue weighted by molar-refractivity contribution is 0.0940. The topological polar surface area (TPSA) is 51.1 Å². The minimum Gasteiger partial charge on any atom is -0.347 e. The van der Waals surface area contributed by atoms with Crippen LogP contribution in [0.3, 0.4) is 0 Å². The highest BCUT2D eigenvalue weighted by atomic mass is 16.2. The van der Waals surface area contributed by atoms with Gasteiger partial charge in [-0.1, -0.05) is 48.5 Å². The van der Waals surface area contributed by atoms with E-state index in [1.165, 1.54) is 0 Å². The van der Waals surface area contributed by atoms with Crippen LogP contribution in [-0.4, -0.2) is 10.5 Å². The predicted octanol–water partition coefficient (Wildman–Crippen LogP) is 3.27. The van der Waals surface area contributed by atoms with Crippen molar-refractivity contribution < 1.29 is 4.79 Å². The van der Waals surface area contributed by atoms with Crippen LogP contribution in [0.4, 0.5) is 0 Å². The molecule has 4 heteroatoms. The van der Waals surface area contributed by atoms with Gasteiger partial charge in [0.2, 0.25) is 0 Å². The molecule has 0 saturated heterocycles. The molecule has 0 bridgehead atoms. The molecule has 0 radical (unpaired) electrons. The second-order valence-corrected chi connectivity index (χ2v) is 6.19. The standard InChI is InChI=1S/C20H18N2O2/c23-19(21-13-14-6-2-1-3-7-14)18-12-15-8-4-5-9-17(15)20(24)22(18)16-10-11-16/h1-9,12,16H,10-11,13H2,(H,21,23). The van der Waals surface area contributed by atoms with Gasteiger partial charge >= 0.3 is 0 Å². The average molecular weight is 318 g/mol. The van der Waals surface area contributed by atoms with Crippen LogP contribution in [0.1, 0.15) is 34.9 Å². The molecule has 4 rings (SSSR count). The zero-order valence-electron chi connectivity index (χ0n) is 13.2. The lowest BCUT2D eigenvalue weighted by atomic mass is 10.1. The largest absolute Gasteiger partial charge is 0.347 e. The first kappa shape index (κ1) is 14.7. The van der Waals surface area contributed by atoms with E-state index in [1.54, 1.807) is 4.57 Å². The van der Waals surface area contributed by atoms with Gasteiger partial charge in [-0.15, -0.1) is 0 Å². The van der Waals surface area contributed by atoms with Crippen molar-refractivity contribution in [3.05, 3.63) is 82.3 Å². The summed E-state index contributed by atoms with van der Waals surface area (Å²) >= 11 is 0. The normalized spacial score (nSPS) is 13.8. The van der Waals surface area contributed by atoms with Crippen LogP contribution in [-0.2, 0) is 6.54 Å². The molecule has 2 aromatic carbocycles. The molecular formula is C20H18N2O2. The molecule has 1 heterocycles. The SMILES string of the molecule is O=C(NCc1ccccc1)c1cc2ccccc2c(=O)n1C1CC1. The van der Waals surface area contributed by atoms with E-state index in [9.17, 15) is 9.59 Å². The lowest BCUT2D eigenvalue weighted by Gasteiger charge is -2.14. The molecule has 1 fully saturated rings. The summed E-state index contributed by atoms with van der Waals surface area (Å²) in [4.78, 5) is 25.5. The molecule has 1 aliphatic carbocycles. The van der Waals surface area contributed by atoms with Crippen LogP contribution in [0, 0.1) is 0 Å². The summed E-state index contributed by atoms with van der Waals surface area (Å²) in [5.41, 5.74) is 1.42. The molecular weight excluding hydrogens is 300 g/mol. The van der Waals surface area contributed by atoms with Crippen LogP contribution in [0.25, 0.3) is 10.8 Å². The van der Waals surface area contributed by atoms with Crippen molar-refractivity contribution in [3.8, 4) is 0 Å². The summed E-state index contributed by atoms with van der Waals surface area (Å²) in [7, 11) is 0. The van der Waals surface area contributed by atoms with Crippen LogP contribution >= 0.6 is 0 Å². The van der Waals surface area contributed by atoms with E-state index >= 15 is 0 Å². The highest BCUT2D eigenvalue weighted by Gasteiger charge is 2.29. The fraction of sp³-hybridized carbons (Fsp3) is 0.200.